The number of rotatable bonds is 7. The molecule has 0 aliphatic carbocycles. The van der Waals surface area contributed by atoms with Gasteiger partial charge in [0, 0.05) is 12.0 Å². The van der Waals surface area contributed by atoms with Crippen molar-refractivity contribution in [2.75, 3.05) is 0 Å². The molecule has 4 heteroatoms. The first-order valence-corrected chi connectivity index (χ1v) is 7.21. The number of carbonyl (C=O) groups excluding carboxylic acids is 1. The van der Waals surface area contributed by atoms with E-state index in [1.165, 1.54) is 12.1 Å². The average Bonchev–Trinajstić information content (AvgIpc) is 2.38. The van der Waals surface area contributed by atoms with Crippen molar-refractivity contribution in [2.45, 2.75) is 52.1 Å². The number of nitrogens with two attached hydrogens (primary N) is 1. The first-order valence-electron chi connectivity index (χ1n) is 7.21. The van der Waals surface area contributed by atoms with Gasteiger partial charge in [-0.25, -0.2) is 4.39 Å². The van der Waals surface area contributed by atoms with Gasteiger partial charge in [0.25, 0.3) is 0 Å². The largest absolute Gasteiger partial charge is 0.349 e. The molecule has 1 aromatic rings. The van der Waals surface area contributed by atoms with Crippen molar-refractivity contribution in [1.29, 1.82) is 0 Å². The van der Waals surface area contributed by atoms with Crippen molar-refractivity contribution in [3.8, 4) is 0 Å². The van der Waals surface area contributed by atoms with E-state index in [0.717, 1.165) is 24.8 Å². The monoisotopic (exact) mass is 280 g/mol. The first-order chi connectivity index (χ1) is 9.40. The molecule has 3 N–H and O–H groups in total. The second-order valence-corrected chi connectivity index (χ2v) is 5.59. The van der Waals surface area contributed by atoms with E-state index in [2.05, 4.69) is 5.32 Å². The molecule has 0 aromatic heterocycles. The minimum atomic E-state index is -0.284. The molecule has 3 nitrogen and oxygen atoms in total. The SMILES string of the molecule is CC(N)CCCC(C)C(=O)NC(C)c1cccc(F)c1. The minimum absolute atomic E-state index is 0.00596. The third kappa shape index (κ3) is 5.70. The Bertz CT molecular complexity index is 434. The summed E-state index contributed by atoms with van der Waals surface area (Å²) in [5, 5.41) is 2.92. The highest BCUT2D eigenvalue weighted by Crippen LogP contribution is 2.16. The molecule has 3 unspecified atom stereocenters. The molecule has 0 heterocycles. The van der Waals surface area contributed by atoms with Crippen molar-refractivity contribution in [3.63, 3.8) is 0 Å². The van der Waals surface area contributed by atoms with Gasteiger partial charge in [0.1, 0.15) is 5.82 Å². The molecule has 1 aromatic carbocycles. The lowest BCUT2D eigenvalue weighted by Gasteiger charge is -2.18. The van der Waals surface area contributed by atoms with Crippen molar-refractivity contribution < 1.29 is 9.18 Å². The molecular formula is C16H25FN2O. The Balaban J connectivity index is 2.44. The molecule has 1 amide bonds. The van der Waals surface area contributed by atoms with E-state index in [-0.39, 0.29) is 29.7 Å². The fourth-order valence-corrected chi connectivity index (χ4v) is 2.09. The summed E-state index contributed by atoms with van der Waals surface area (Å²) < 4.78 is 13.1. The highest BCUT2D eigenvalue weighted by atomic mass is 19.1. The van der Waals surface area contributed by atoms with Gasteiger partial charge in [-0.05, 0) is 44.4 Å². The van der Waals surface area contributed by atoms with Crippen molar-refractivity contribution in [2.24, 2.45) is 11.7 Å². The van der Waals surface area contributed by atoms with E-state index in [4.69, 9.17) is 5.73 Å². The number of halogens is 1. The Labute approximate surface area is 120 Å². The van der Waals surface area contributed by atoms with Crippen LogP contribution >= 0.6 is 0 Å². The van der Waals surface area contributed by atoms with Crippen LogP contribution in [-0.4, -0.2) is 11.9 Å². The minimum Gasteiger partial charge on any atom is -0.349 e. The van der Waals surface area contributed by atoms with Crippen LogP contribution in [0.5, 0.6) is 0 Å². The molecule has 1 rings (SSSR count). The van der Waals surface area contributed by atoms with Crippen LogP contribution in [0.4, 0.5) is 4.39 Å². The first kappa shape index (κ1) is 16.6. The Morgan fingerprint density at radius 3 is 2.60 bits per heavy atom. The van der Waals surface area contributed by atoms with Gasteiger partial charge in [0.2, 0.25) is 5.91 Å². The Morgan fingerprint density at radius 2 is 2.00 bits per heavy atom. The summed E-state index contributed by atoms with van der Waals surface area (Å²) in [5.41, 5.74) is 6.47. The second-order valence-electron chi connectivity index (χ2n) is 5.59. The quantitative estimate of drug-likeness (QED) is 0.806. The molecule has 20 heavy (non-hydrogen) atoms. The van der Waals surface area contributed by atoms with Gasteiger partial charge in [-0.15, -0.1) is 0 Å². The average molecular weight is 280 g/mol. The Kier molecular flexibility index (Phi) is 6.65. The van der Waals surface area contributed by atoms with Crippen LogP contribution in [0.25, 0.3) is 0 Å². The molecule has 0 saturated carbocycles. The number of benzene rings is 1. The molecule has 0 radical (unpaired) electrons. The van der Waals surface area contributed by atoms with Crippen LogP contribution in [0, 0.1) is 11.7 Å². The van der Waals surface area contributed by atoms with Gasteiger partial charge in [-0.3, -0.25) is 4.79 Å². The summed E-state index contributed by atoms with van der Waals surface area (Å²) in [7, 11) is 0. The summed E-state index contributed by atoms with van der Waals surface area (Å²) in [6.45, 7) is 5.74. The van der Waals surface area contributed by atoms with Gasteiger partial charge in [-0.2, -0.15) is 0 Å². The van der Waals surface area contributed by atoms with Gasteiger partial charge < -0.3 is 11.1 Å². The third-order valence-electron chi connectivity index (χ3n) is 3.45. The maximum atomic E-state index is 13.1. The van der Waals surface area contributed by atoms with Crippen LogP contribution in [0.3, 0.4) is 0 Å². The van der Waals surface area contributed by atoms with Crippen LogP contribution in [0.2, 0.25) is 0 Å². The molecule has 3 atom stereocenters. The molecule has 0 bridgehead atoms. The second kappa shape index (κ2) is 8.00. The summed E-state index contributed by atoms with van der Waals surface area (Å²) >= 11 is 0. The smallest absolute Gasteiger partial charge is 0.223 e. The van der Waals surface area contributed by atoms with Gasteiger partial charge in [-0.1, -0.05) is 25.5 Å². The van der Waals surface area contributed by atoms with Gasteiger partial charge in [0.15, 0.2) is 0 Å². The zero-order valence-corrected chi connectivity index (χ0v) is 12.5. The summed E-state index contributed by atoms with van der Waals surface area (Å²) in [4.78, 5) is 12.1. The predicted molar refractivity (Wildman–Crippen MR) is 79.6 cm³/mol. The molecule has 112 valence electrons. The summed E-state index contributed by atoms with van der Waals surface area (Å²) in [6, 6.07) is 6.31. The zero-order chi connectivity index (χ0) is 15.1. The van der Waals surface area contributed by atoms with Crippen LogP contribution in [-0.2, 0) is 4.79 Å². The highest BCUT2D eigenvalue weighted by molar-refractivity contribution is 5.78. The van der Waals surface area contributed by atoms with E-state index in [0.29, 0.717) is 0 Å². The lowest BCUT2D eigenvalue weighted by molar-refractivity contribution is -0.125. The summed E-state index contributed by atoms with van der Waals surface area (Å²) in [6.07, 6.45) is 2.70. The topological polar surface area (TPSA) is 55.1 Å². The number of carbonyl (C=O) groups is 1. The van der Waals surface area contributed by atoms with Crippen LogP contribution < -0.4 is 11.1 Å². The molecule has 0 aliphatic rings. The predicted octanol–water partition coefficient (Wildman–Crippen LogP) is 3.16. The lowest BCUT2D eigenvalue weighted by Crippen LogP contribution is -2.31. The fourth-order valence-electron chi connectivity index (χ4n) is 2.09. The maximum absolute atomic E-state index is 13.1. The molecule has 0 fully saturated rings. The van der Waals surface area contributed by atoms with E-state index in [1.807, 2.05) is 26.8 Å². The van der Waals surface area contributed by atoms with Gasteiger partial charge in [0.05, 0.1) is 6.04 Å². The van der Waals surface area contributed by atoms with Crippen molar-refractivity contribution in [3.05, 3.63) is 35.6 Å². The normalized spacial score (nSPS) is 15.4. The highest BCUT2D eigenvalue weighted by Gasteiger charge is 2.16. The van der Waals surface area contributed by atoms with E-state index < -0.39 is 0 Å². The number of hydrogen-bond acceptors (Lipinski definition) is 2. The number of nitrogens with one attached hydrogen (secondary N) is 1. The van der Waals surface area contributed by atoms with Crippen molar-refractivity contribution >= 4 is 5.91 Å². The van der Waals surface area contributed by atoms with Crippen LogP contribution in [0.1, 0.15) is 51.6 Å². The van der Waals surface area contributed by atoms with Crippen molar-refractivity contribution in [1.82, 2.24) is 5.32 Å². The lowest BCUT2D eigenvalue weighted by atomic mass is 10.0. The molecule has 0 spiro atoms. The number of amides is 1. The van der Waals surface area contributed by atoms with E-state index in [1.54, 1.807) is 6.07 Å². The Hall–Kier alpha value is -1.42. The maximum Gasteiger partial charge on any atom is 0.223 e. The standard InChI is InChI=1S/C16H25FN2O/c1-11(6-4-7-12(2)18)16(20)19-13(3)14-8-5-9-15(17)10-14/h5,8-13H,4,6-7,18H2,1-3H3,(H,19,20). The fraction of sp³-hybridized carbons (Fsp3) is 0.562. The van der Waals surface area contributed by atoms with Crippen LogP contribution in [0.15, 0.2) is 24.3 Å². The molecular weight excluding hydrogens is 255 g/mol. The van der Waals surface area contributed by atoms with E-state index in [9.17, 15) is 9.18 Å². The number of hydrogen-bond donors (Lipinski definition) is 2. The molecule has 0 aliphatic heterocycles. The van der Waals surface area contributed by atoms with Gasteiger partial charge >= 0.3 is 0 Å². The third-order valence-corrected chi connectivity index (χ3v) is 3.45. The summed E-state index contributed by atoms with van der Waals surface area (Å²) in [5.74, 6) is -0.329. The zero-order valence-electron chi connectivity index (χ0n) is 12.5. The Morgan fingerprint density at radius 1 is 1.30 bits per heavy atom. The van der Waals surface area contributed by atoms with E-state index >= 15 is 0 Å². The molecule has 0 saturated heterocycles.